The smallest absolute Gasteiger partial charge is 0.280 e. The van der Waals surface area contributed by atoms with Gasteiger partial charge >= 0.3 is 0 Å². The number of hydrogen-bond donors (Lipinski definition) is 2. The van der Waals surface area contributed by atoms with Gasteiger partial charge < -0.3 is 20.1 Å². The van der Waals surface area contributed by atoms with E-state index < -0.39 is 0 Å². The molecule has 3 heterocycles. The molecule has 2 aromatic rings. The minimum atomic E-state index is -0.121. The third kappa shape index (κ3) is 3.09. The van der Waals surface area contributed by atoms with Crippen LogP contribution in [0.2, 0.25) is 0 Å². The van der Waals surface area contributed by atoms with Crippen LogP contribution < -0.4 is 20.1 Å². The molecule has 2 aliphatic heterocycles. The predicted octanol–water partition coefficient (Wildman–Crippen LogP) is 2.57. The van der Waals surface area contributed by atoms with Crippen LogP contribution in [0.3, 0.4) is 0 Å². The molecule has 126 valence electrons. The number of nitrogens with one attached hydrogen (secondary N) is 2. The summed E-state index contributed by atoms with van der Waals surface area (Å²) in [6.07, 6.45) is 4.95. The maximum Gasteiger partial charge on any atom is 0.280 e. The molecular weight excluding hydrogens is 326 g/mol. The third-order valence-electron chi connectivity index (χ3n) is 4.57. The highest BCUT2D eigenvalue weighted by molar-refractivity contribution is 7.15. The van der Waals surface area contributed by atoms with Gasteiger partial charge in [-0.25, -0.2) is 4.98 Å². The highest BCUT2D eigenvalue weighted by Gasteiger charge is 2.39. The number of rotatable bonds is 5. The van der Waals surface area contributed by atoms with Crippen LogP contribution in [0, 0.1) is 0 Å². The van der Waals surface area contributed by atoms with Gasteiger partial charge in [0.25, 0.3) is 5.91 Å². The number of carbonyl (C=O) groups excluding carboxylic acids is 1. The van der Waals surface area contributed by atoms with Crippen molar-refractivity contribution in [1.29, 1.82) is 0 Å². The first-order valence-corrected chi connectivity index (χ1v) is 8.87. The Morgan fingerprint density at radius 2 is 2.08 bits per heavy atom. The standard InChI is InChI=1S/C17H19N3O3S/c1-22-11-3-5-12(6-4-11)23-15-9-18-17(24-15)16(21)20-14-8-10-2-7-13(14)19-10/h3-6,9-10,13-14,19H,2,7-8H2,1H3,(H,20,21)/t10-,13+,14-/m1/s1. The first kappa shape index (κ1) is 15.4. The molecule has 1 aromatic carbocycles. The summed E-state index contributed by atoms with van der Waals surface area (Å²) in [6, 6.07) is 8.47. The SMILES string of the molecule is COc1ccc(Oc2cnc(C(=O)N[C@@H]3C[C@H]4CC[C@@H]3N4)s2)cc1. The topological polar surface area (TPSA) is 72.5 Å². The lowest BCUT2D eigenvalue weighted by Crippen LogP contribution is -2.42. The van der Waals surface area contributed by atoms with Gasteiger partial charge in [-0.2, -0.15) is 0 Å². The zero-order valence-electron chi connectivity index (χ0n) is 13.3. The number of thiazole rings is 1. The molecule has 7 heteroatoms. The normalized spacial score (nSPS) is 24.8. The average molecular weight is 345 g/mol. The highest BCUT2D eigenvalue weighted by atomic mass is 32.1. The fraction of sp³-hybridized carbons (Fsp3) is 0.412. The molecule has 0 spiro atoms. The maximum absolute atomic E-state index is 12.4. The number of fused-ring (bicyclic) bond motifs is 2. The summed E-state index contributed by atoms with van der Waals surface area (Å²) in [7, 11) is 1.62. The van der Waals surface area contributed by atoms with Crippen LogP contribution in [0.4, 0.5) is 0 Å². The lowest BCUT2D eigenvalue weighted by molar-refractivity contribution is 0.0930. The first-order valence-electron chi connectivity index (χ1n) is 8.06. The summed E-state index contributed by atoms with van der Waals surface area (Å²) in [5.74, 6) is 1.33. The van der Waals surface area contributed by atoms with E-state index in [0.29, 0.717) is 27.9 Å². The van der Waals surface area contributed by atoms with Gasteiger partial charge in [0.05, 0.1) is 13.3 Å². The van der Waals surface area contributed by atoms with Crippen molar-refractivity contribution < 1.29 is 14.3 Å². The zero-order valence-corrected chi connectivity index (χ0v) is 14.1. The van der Waals surface area contributed by atoms with Crippen LogP contribution in [0.15, 0.2) is 30.5 Å². The third-order valence-corrected chi connectivity index (χ3v) is 5.45. The fourth-order valence-corrected chi connectivity index (χ4v) is 4.08. The summed E-state index contributed by atoms with van der Waals surface area (Å²) in [5.41, 5.74) is 0. The molecule has 0 unspecified atom stereocenters. The molecule has 0 radical (unpaired) electrons. The Morgan fingerprint density at radius 3 is 2.75 bits per heavy atom. The van der Waals surface area contributed by atoms with Crippen LogP contribution in [0.1, 0.15) is 29.1 Å². The molecule has 1 amide bonds. The number of amides is 1. The summed E-state index contributed by atoms with van der Waals surface area (Å²) in [5, 5.41) is 7.63. The molecule has 2 bridgehead atoms. The van der Waals surface area contributed by atoms with Crippen LogP contribution >= 0.6 is 11.3 Å². The number of hydrogen-bond acceptors (Lipinski definition) is 6. The van der Waals surface area contributed by atoms with Crippen molar-refractivity contribution in [3.8, 4) is 16.6 Å². The molecule has 2 fully saturated rings. The van der Waals surface area contributed by atoms with E-state index in [-0.39, 0.29) is 11.9 Å². The second-order valence-electron chi connectivity index (χ2n) is 6.13. The van der Waals surface area contributed by atoms with E-state index in [2.05, 4.69) is 15.6 Å². The van der Waals surface area contributed by atoms with Crippen molar-refractivity contribution in [2.24, 2.45) is 0 Å². The highest BCUT2D eigenvalue weighted by Crippen LogP contribution is 2.30. The molecule has 2 N–H and O–H groups in total. The number of nitrogens with zero attached hydrogens (tertiary/aromatic N) is 1. The summed E-state index contributed by atoms with van der Waals surface area (Å²) in [6.45, 7) is 0. The van der Waals surface area contributed by atoms with Gasteiger partial charge in [0.2, 0.25) is 5.06 Å². The summed E-state index contributed by atoms with van der Waals surface area (Å²) < 4.78 is 10.9. The Labute approximate surface area is 144 Å². The van der Waals surface area contributed by atoms with E-state index in [1.54, 1.807) is 13.3 Å². The van der Waals surface area contributed by atoms with E-state index in [4.69, 9.17) is 9.47 Å². The monoisotopic (exact) mass is 345 g/mol. The number of methoxy groups -OCH3 is 1. The van der Waals surface area contributed by atoms with Crippen molar-refractivity contribution in [1.82, 2.24) is 15.6 Å². The van der Waals surface area contributed by atoms with Crippen LogP contribution in [-0.2, 0) is 0 Å². The van der Waals surface area contributed by atoms with Gasteiger partial charge in [0, 0.05) is 18.1 Å². The number of carbonyl (C=O) groups is 1. The molecule has 0 aliphatic carbocycles. The second-order valence-corrected chi connectivity index (χ2v) is 7.12. The van der Waals surface area contributed by atoms with Crippen LogP contribution in [0.5, 0.6) is 16.6 Å². The minimum Gasteiger partial charge on any atom is -0.497 e. The minimum absolute atomic E-state index is 0.121. The Hall–Kier alpha value is -2.12. The molecule has 4 rings (SSSR count). The lowest BCUT2D eigenvalue weighted by Gasteiger charge is -2.20. The number of ether oxygens (including phenoxy) is 2. The first-order chi connectivity index (χ1) is 11.7. The number of benzene rings is 1. The van der Waals surface area contributed by atoms with Gasteiger partial charge in [0.15, 0.2) is 5.01 Å². The Morgan fingerprint density at radius 1 is 1.29 bits per heavy atom. The molecule has 24 heavy (non-hydrogen) atoms. The van der Waals surface area contributed by atoms with E-state index >= 15 is 0 Å². The van der Waals surface area contributed by atoms with Crippen LogP contribution in [0.25, 0.3) is 0 Å². The maximum atomic E-state index is 12.4. The van der Waals surface area contributed by atoms with Gasteiger partial charge in [-0.3, -0.25) is 4.79 Å². The van der Waals surface area contributed by atoms with Gasteiger partial charge in [-0.15, -0.1) is 0 Å². The van der Waals surface area contributed by atoms with Crippen molar-refractivity contribution in [2.75, 3.05) is 7.11 Å². The van der Waals surface area contributed by atoms with E-state index in [1.165, 1.54) is 17.8 Å². The van der Waals surface area contributed by atoms with Gasteiger partial charge in [-0.05, 0) is 43.5 Å². The van der Waals surface area contributed by atoms with Gasteiger partial charge in [-0.1, -0.05) is 11.3 Å². The fourth-order valence-electron chi connectivity index (χ4n) is 3.39. The molecular formula is C17H19N3O3S. The molecule has 0 saturated carbocycles. The number of aromatic nitrogens is 1. The Kier molecular flexibility index (Phi) is 4.12. The largest absolute Gasteiger partial charge is 0.497 e. The molecule has 2 aliphatic rings. The van der Waals surface area contributed by atoms with E-state index in [9.17, 15) is 4.79 Å². The van der Waals surface area contributed by atoms with Crippen molar-refractivity contribution >= 4 is 17.2 Å². The molecule has 2 saturated heterocycles. The molecule has 1 aromatic heterocycles. The van der Waals surface area contributed by atoms with Crippen molar-refractivity contribution in [2.45, 2.75) is 37.4 Å². The van der Waals surface area contributed by atoms with E-state index in [0.717, 1.165) is 18.6 Å². The predicted molar refractivity (Wildman–Crippen MR) is 91.0 cm³/mol. The van der Waals surface area contributed by atoms with Gasteiger partial charge in [0.1, 0.15) is 11.5 Å². The Bertz CT molecular complexity index is 731. The molecule has 3 atom stereocenters. The second kappa shape index (κ2) is 6.41. The summed E-state index contributed by atoms with van der Waals surface area (Å²) >= 11 is 1.25. The Balaban J connectivity index is 1.37. The quantitative estimate of drug-likeness (QED) is 0.871. The lowest BCUT2D eigenvalue weighted by atomic mass is 9.95. The van der Waals surface area contributed by atoms with Crippen LogP contribution in [-0.4, -0.2) is 36.1 Å². The van der Waals surface area contributed by atoms with Crippen molar-refractivity contribution in [3.63, 3.8) is 0 Å². The summed E-state index contributed by atoms with van der Waals surface area (Å²) in [4.78, 5) is 16.5. The van der Waals surface area contributed by atoms with E-state index in [1.807, 2.05) is 24.3 Å². The zero-order chi connectivity index (χ0) is 16.5. The molecule has 6 nitrogen and oxygen atoms in total. The van der Waals surface area contributed by atoms with Crippen molar-refractivity contribution in [3.05, 3.63) is 35.5 Å². The average Bonchev–Trinajstić information content (AvgIpc) is 3.32.